The number of rotatable bonds is 4. The van der Waals surface area contributed by atoms with Gasteiger partial charge in [0.1, 0.15) is 11.4 Å². The predicted molar refractivity (Wildman–Crippen MR) is 92.5 cm³/mol. The van der Waals surface area contributed by atoms with Crippen LogP contribution in [0.3, 0.4) is 0 Å². The molecule has 1 aromatic carbocycles. The van der Waals surface area contributed by atoms with Crippen LogP contribution >= 0.6 is 0 Å². The van der Waals surface area contributed by atoms with Gasteiger partial charge in [-0.3, -0.25) is 0 Å². The Bertz CT molecular complexity index is 858. The van der Waals surface area contributed by atoms with Crippen molar-refractivity contribution in [1.29, 1.82) is 0 Å². The van der Waals surface area contributed by atoms with Gasteiger partial charge in [-0.15, -0.1) is 0 Å². The largest absolute Gasteiger partial charge is 0.495 e. The Hall–Kier alpha value is -2.90. The number of benzene rings is 1. The van der Waals surface area contributed by atoms with Crippen LogP contribution < -0.4 is 25.4 Å². The Labute approximate surface area is 144 Å². The van der Waals surface area contributed by atoms with Gasteiger partial charge >= 0.3 is 6.03 Å². The molecule has 1 aliphatic heterocycles. The number of nitrogens with two attached hydrogens (primary N) is 1. The van der Waals surface area contributed by atoms with E-state index < -0.39 is 11.6 Å². The van der Waals surface area contributed by atoms with Crippen LogP contribution in [0, 0.1) is 0 Å². The minimum absolute atomic E-state index is 0.460. The molecule has 25 heavy (non-hydrogen) atoms. The molecule has 2 amide bonds. The highest BCUT2D eigenvalue weighted by Gasteiger charge is 2.40. The van der Waals surface area contributed by atoms with Crippen molar-refractivity contribution >= 4 is 22.7 Å². The number of amides is 2. The van der Waals surface area contributed by atoms with Crippen molar-refractivity contribution in [2.24, 2.45) is 10.8 Å². The number of furan rings is 1. The monoisotopic (exact) mass is 347 g/mol. The summed E-state index contributed by atoms with van der Waals surface area (Å²) in [6.07, 6.45) is 2.75. The topological polar surface area (TPSA) is 108 Å². The van der Waals surface area contributed by atoms with Crippen LogP contribution in [-0.2, 0) is 0 Å². The number of urea groups is 1. The molecule has 3 N–H and O–H groups in total. The number of hydrogen-bond acceptors (Lipinski definition) is 6. The zero-order chi connectivity index (χ0) is 18.2. The van der Waals surface area contributed by atoms with Crippen LogP contribution in [0.5, 0.6) is 17.2 Å². The van der Waals surface area contributed by atoms with Gasteiger partial charge < -0.3 is 24.4 Å². The average Bonchev–Trinajstić information content (AvgIpc) is 3.06. The van der Waals surface area contributed by atoms with Gasteiger partial charge in [-0.2, -0.15) is 5.10 Å². The molecule has 0 radical (unpaired) electrons. The van der Waals surface area contributed by atoms with Gasteiger partial charge in [-0.25, -0.2) is 10.2 Å². The molecule has 8 nitrogen and oxygen atoms in total. The van der Waals surface area contributed by atoms with Crippen LogP contribution in [0.4, 0.5) is 4.79 Å². The van der Waals surface area contributed by atoms with Crippen molar-refractivity contribution in [3.05, 3.63) is 17.9 Å². The summed E-state index contributed by atoms with van der Waals surface area (Å²) >= 11 is 0. The lowest BCUT2D eigenvalue weighted by molar-refractivity contribution is 0.0817. The molecule has 0 spiro atoms. The average molecular weight is 347 g/mol. The minimum Gasteiger partial charge on any atom is -0.495 e. The quantitative estimate of drug-likeness (QED) is 0.827. The Kier molecular flexibility index (Phi) is 4.20. The summed E-state index contributed by atoms with van der Waals surface area (Å²) in [5.41, 5.74) is 8.69. The first-order chi connectivity index (χ1) is 11.9. The van der Waals surface area contributed by atoms with Crippen LogP contribution in [0.25, 0.3) is 11.0 Å². The van der Waals surface area contributed by atoms with Gasteiger partial charge in [0.25, 0.3) is 0 Å². The molecular formula is C17H21N3O5. The molecule has 1 aromatic heterocycles. The van der Waals surface area contributed by atoms with Crippen LogP contribution in [0.1, 0.15) is 32.3 Å². The molecule has 1 aliphatic rings. The van der Waals surface area contributed by atoms with Crippen molar-refractivity contribution in [3.63, 3.8) is 0 Å². The summed E-state index contributed by atoms with van der Waals surface area (Å²) in [4.78, 5) is 11.1. The maximum atomic E-state index is 11.1. The number of carbonyl (C=O) groups excluding carboxylic acids is 1. The van der Waals surface area contributed by atoms with E-state index in [1.165, 1.54) is 0 Å². The van der Waals surface area contributed by atoms with Crippen LogP contribution in [0.15, 0.2) is 21.8 Å². The highest BCUT2D eigenvalue weighted by Crippen LogP contribution is 2.51. The summed E-state index contributed by atoms with van der Waals surface area (Å²) in [5, 5.41) is 4.92. The predicted octanol–water partition coefficient (Wildman–Crippen LogP) is 2.77. The third kappa shape index (κ3) is 2.73. The van der Waals surface area contributed by atoms with E-state index in [1.807, 2.05) is 13.8 Å². The van der Waals surface area contributed by atoms with Crippen molar-refractivity contribution in [3.8, 4) is 17.2 Å². The molecule has 8 heteroatoms. The summed E-state index contributed by atoms with van der Waals surface area (Å²) in [6.45, 7) is 3.98. The Morgan fingerprint density at radius 3 is 2.72 bits per heavy atom. The van der Waals surface area contributed by atoms with Crippen molar-refractivity contribution in [2.75, 3.05) is 14.2 Å². The number of fused-ring (bicyclic) bond motifs is 2. The van der Waals surface area contributed by atoms with Gasteiger partial charge in [0.2, 0.25) is 5.75 Å². The van der Waals surface area contributed by atoms with E-state index >= 15 is 0 Å². The smallest absolute Gasteiger partial charge is 0.332 e. The second-order valence-electron chi connectivity index (χ2n) is 6.05. The molecule has 0 bridgehead atoms. The zero-order valence-electron chi connectivity index (χ0n) is 14.6. The minimum atomic E-state index is -0.742. The fourth-order valence-electron chi connectivity index (χ4n) is 3.02. The first-order valence-electron chi connectivity index (χ1n) is 7.90. The van der Waals surface area contributed by atoms with Crippen molar-refractivity contribution < 1.29 is 23.4 Å². The Morgan fingerprint density at radius 1 is 1.40 bits per heavy atom. The normalized spacial score (nSPS) is 20.9. The molecule has 0 saturated carbocycles. The van der Waals surface area contributed by atoms with Gasteiger partial charge in [0.15, 0.2) is 11.3 Å². The van der Waals surface area contributed by atoms with E-state index in [1.54, 1.807) is 26.5 Å². The number of nitrogens with zero attached hydrogens (tertiary/aromatic N) is 1. The number of hydrazone groups is 1. The van der Waals surface area contributed by atoms with E-state index in [4.69, 9.17) is 24.4 Å². The lowest BCUT2D eigenvalue weighted by atomic mass is 9.87. The second kappa shape index (κ2) is 6.19. The summed E-state index contributed by atoms with van der Waals surface area (Å²) in [6, 6.07) is 1.04. The number of carbonyl (C=O) groups is 1. The molecule has 134 valence electrons. The molecule has 1 unspecified atom stereocenters. The summed E-state index contributed by atoms with van der Waals surface area (Å²) in [7, 11) is 3.10. The Morgan fingerprint density at radius 2 is 2.12 bits per heavy atom. The second-order valence-corrected chi connectivity index (χ2v) is 6.05. The van der Waals surface area contributed by atoms with E-state index in [2.05, 4.69) is 10.5 Å². The molecule has 3 rings (SSSR count). The first-order valence-corrected chi connectivity index (χ1v) is 7.90. The number of ether oxygens (including phenoxy) is 3. The lowest BCUT2D eigenvalue weighted by Crippen LogP contribution is -2.40. The zero-order valence-corrected chi connectivity index (χ0v) is 14.6. The lowest BCUT2D eigenvalue weighted by Gasteiger charge is -2.36. The summed E-state index contributed by atoms with van der Waals surface area (Å²) in [5.74, 6) is 1.48. The van der Waals surface area contributed by atoms with Crippen molar-refractivity contribution in [2.45, 2.75) is 32.3 Å². The SMILES string of the molecule is CCC1(C)C/C(=N\NC(N)=O)c2c(c(OC)c3occc3c2OC)O1. The van der Waals surface area contributed by atoms with Crippen molar-refractivity contribution in [1.82, 2.24) is 5.43 Å². The highest BCUT2D eigenvalue weighted by atomic mass is 16.5. The highest BCUT2D eigenvalue weighted by molar-refractivity contribution is 6.13. The molecule has 0 fully saturated rings. The first kappa shape index (κ1) is 16.9. The number of nitrogens with one attached hydrogen (secondary N) is 1. The molecule has 0 aliphatic carbocycles. The third-order valence-electron chi connectivity index (χ3n) is 4.41. The maximum Gasteiger partial charge on any atom is 0.332 e. The van der Waals surface area contributed by atoms with E-state index in [0.717, 1.165) is 11.8 Å². The number of methoxy groups -OCH3 is 2. The molecule has 2 aromatic rings. The standard InChI is InChI=1S/C17H21N3O5/c1-5-17(2)8-10(19-20-16(18)21)11-12(22-3)9-6-7-24-13(9)15(23-4)14(11)25-17/h6-7H,5,8H2,1-4H3,(H3,18,20,21)/b19-10+. The molecule has 2 heterocycles. The Balaban J connectivity index is 2.34. The fraction of sp³-hybridized carbons (Fsp3) is 0.412. The third-order valence-corrected chi connectivity index (χ3v) is 4.41. The van der Waals surface area contributed by atoms with Gasteiger partial charge in [0.05, 0.1) is 37.1 Å². The van der Waals surface area contributed by atoms with Crippen LogP contribution in [-0.4, -0.2) is 31.6 Å². The van der Waals surface area contributed by atoms with E-state index in [-0.39, 0.29) is 0 Å². The molecular weight excluding hydrogens is 326 g/mol. The molecule has 1 atom stereocenters. The van der Waals surface area contributed by atoms with Gasteiger partial charge in [-0.1, -0.05) is 6.92 Å². The van der Waals surface area contributed by atoms with Crippen LogP contribution in [0.2, 0.25) is 0 Å². The number of hydrogen-bond donors (Lipinski definition) is 2. The van der Waals surface area contributed by atoms with Gasteiger partial charge in [0, 0.05) is 6.42 Å². The maximum absolute atomic E-state index is 11.1. The number of primary amides is 1. The van der Waals surface area contributed by atoms with E-state index in [0.29, 0.717) is 40.5 Å². The van der Waals surface area contributed by atoms with E-state index in [9.17, 15) is 4.79 Å². The summed E-state index contributed by atoms with van der Waals surface area (Å²) < 4.78 is 23.0. The molecule has 0 saturated heterocycles. The fourth-order valence-corrected chi connectivity index (χ4v) is 3.02. The van der Waals surface area contributed by atoms with Gasteiger partial charge in [-0.05, 0) is 19.4 Å².